The predicted octanol–water partition coefficient (Wildman–Crippen LogP) is 2.92. The number of piperazine rings is 1. The van der Waals surface area contributed by atoms with Crippen molar-refractivity contribution in [3.63, 3.8) is 0 Å². The van der Waals surface area contributed by atoms with E-state index in [0.29, 0.717) is 31.9 Å². The second kappa shape index (κ2) is 7.29. The van der Waals surface area contributed by atoms with Crippen LogP contribution in [-0.2, 0) is 0 Å². The molecule has 0 radical (unpaired) electrons. The smallest absolute Gasteiger partial charge is 0.410 e. The summed E-state index contributed by atoms with van der Waals surface area (Å²) >= 11 is 0. The number of nitrogens with zero attached hydrogens (tertiary/aromatic N) is 2. The number of benzene rings is 2. The highest BCUT2D eigenvalue weighted by molar-refractivity contribution is 5.94. The topological polar surface area (TPSA) is 49.9 Å². The zero-order chi connectivity index (χ0) is 17.8. The van der Waals surface area contributed by atoms with Crippen molar-refractivity contribution in [1.29, 1.82) is 0 Å². The van der Waals surface area contributed by atoms with Gasteiger partial charge in [-0.05, 0) is 30.3 Å². The van der Waals surface area contributed by atoms with Crippen LogP contribution in [0.3, 0.4) is 0 Å². The van der Waals surface area contributed by atoms with Gasteiger partial charge in [-0.25, -0.2) is 13.6 Å². The summed E-state index contributed by atoms with van der Waals surface area (Å²) in [7, 11) is 0. The second-order valence-corrected chi connectivity index (χ2v) is 5.59. The van der Waals surface area contributed by atoms with E-state index in [2.05, 4.69) is 0 Å². The first-order valence-electron chi connectivity index (χ1n) is 7.81. The Labute approximate surface area is 143 Å². The van der Waals surface area contributed by atoms with E-state index < -0.39 is 23.6 Å². The molecule has 0 N–H and O–H groups in total. The molecule has 0 aliphatic carbocycles. The molecule has 1 aliphatic rings. The van der Waals surface area contributed by atoms with Gasteiger partial charge in [0.1, 0.15) is 5.75 Å². The summed E-state index contributed by atoms with van der Waals surface area (Å²) in [5.41, 5.74) is 0.0826. The molecule has 5 nitrogen and oxygen atoms in total. The number of carbonyl (C=O) groups excluding carboxylic acids is 2. The fraction of sp³-hybridized carbons (Fsp3) is 0.222. The molecular formula is C18H16F2N2O3. The Morgan fingerprint density at radius 3 is 2.12 bits per heavy atom. The largest absolute Gasteiger partial charge is 0.415 e. The third kappa shape index (κ3) is 3.93. The Morgan fingerprint density at radius 1 is 0.840 bits per heavy atom. The fourth-order valence-electron chi connectivity index (χ4n) is 2.56. The molecule has 0 saturated carbocycles. The number of rotatable bonds is 2. The maximum Gasteiger partial charge on any atom is 0.415 e. The van der Waals surface area contributed by atoms with Gasteiger partial charge in [-0.1, -0.05) is 18.2 Å². The predicted molar refractivity (Wildman–Crippen MR) is 86.3 cm³/mol. The van der Waals surface area contributed by atoms with Gasteiger partial charge in [0.25, 0.3) is 5.91 Å². The van der Waals surface area contributed by atoms with Crippen molar-refractivity contribution in [2.75, 3.05) is 26.2 Å². The molecule has 1 heterocycles. The maximum absolute atomic E-state index is 13.3. The van der Waals surface area contributed by atoms with Crippen LogP contribution in [0.15, 0.2) is 48.5 Å². The Bertz CT molecular complexity index is 775. The number of hydrogen-bond donors (Lipinski definition) is 0. The van der Waals surface area contributed by atoms with Crippen LogP contribution in [0.1, 0.15) is 10.4 Å². The molecule has 1 fully saturated rings. The zero-order valence-corrected chi connectivity index (χ0v) is 13.3. The minimum absolute atomic E-state index is 0.0826. The molecule has 2 aromatic carbocycles. The molecule has 0 aromatic heterocycles. The van der Waals surface area contributed by atoms with E-state index in [0.717, 1.165) is 12.1 Å². The van der Waals surface area contributed by atoms with Crippen molar-refractivity contribution in [3.8, 4) is 5.75 Å². The number of ether oxygens (including phenoxy) is 1. The second-order valence-electron chi connectivity index (χ2n) is 5.59. The first-order chi connectivity index (χ1) is 12.0. The van der Waals surface area contributed by atoms with Gasteiger partial charge in [-0.2, -0.15) is 0 Å². The van der Waals surface area contributed by atoms with Gasteiger partial charge in [0.2, 0.25) is 0 Å². The molecule has 2 amide bonds. The van der Waals surface area contributed by atoms with Gasteiger partial charge in [0.15, 0.2) is 11.6 Å². The average Bonchev–Trinajstić information content (AvgIpc) is 2.64. The van der Waals surface area contributed by atoms with Crippen molar-refractivity contribution in [2.45, 2.75) is 0 Å². The minimum atomic E-state index is -1.06. The van der Waals surface area contributed by atoms with Gasteiger partial charge < -0.3 is 14.5 Å². The Kier molecular flexibility index (Phi) is 4.92. The summed E-state index contributed by atoms with van der Waals surface area (Å²) in [5.74, 6) is -2.00. The monoisotopic (exact) mass is 346 g/mol. The van der Waals surface area contributed by atoms with Crippen LogP contribution in [-0.4, -0.2) is 48.0 Å². The molecule has 0 bridgehead atoms. The summed E-state index contributed by atoms with van der Waals surface area (Å²) in [6.45, 7) is 1.20. The third-order valence-corrected chi connectivity index (χ3v) is 3.94. The third-order valence-electron chi connectivity index (χ3n) is 3.94. The quantitative estimate of drug-likeness (QED) is 0.840. The van der Waals surface area contributed by atoms with E-state index in [4.69, 9.17) is 4.74 Å². The van der Waals surface area contributed by atoms with Gasteiger partial charge in [-0.15, -0.1) is 0 Å². The van der Waals surface area contributed by atoms with E-state index in [9.17, 15) is 18.4 Å². The van der Waals surface area contributed by atoms with Crippen LogP contribution in [0.5, 0.6) is 5.75 Å². The van der Waals surface area contributed by atoms with E-state index >= 15 is 0 Å². The van der Waals surface area contributed by atoms with Crippen molar-refractivity contribution >= 4 is 12.0 Å². The summed E-state index contributed by atoms with van der Waals surface area (Å²) < 4.78 is 31.5. The lowest BCUT2D eigenvalue weighted by Gasteiger charge is -2.34. The van der Waals surface area contributed by atoms with Gasteiger partial charge in [-0.3, -0.25) is 4.79 Å². The first kappa shape index (κ1) is 16.9. The molecule has 0 unspecified atom stereocenters. The minimum Gasteiger partial charge on any atom is -0.410 e. The van der Waals surface area contributed by atoms with Gasteiger partial charge in [0.05, 0.1) is 0 Å². The normalized spacial score (nSPS) is 14.3. The van der Waals surface area contributed by atoms with Crippen LogP contribution < -0.4 is 4.74 Å². The van der Waals surface area contributed by atoms with Crippen LogP contribution in [0.4, 0.5) is 13.6 Å². The Balaban J connectivity index is 1.57. The van der Waals surface area contributed by atoms with Crippen molar-refractivity contribution < 1.29 is 23.1 Å². The lowest BCUT2D eigenvalue weighted by molar-refractivity contribution is 0.0633. The highest BCUT2D eigenvalue weighted by atomic mass is 19.2. The maximum atomic E-state index is 13.3. The fourth-order valence-corrected chi connectivity index (χ4v) is 2.56. The highest BCUT2D eigenvalue weighted by Crippen LogP contribution is 2.15. The average molecular weight is 346 g/mol. The summed E-state index contributed by atoms with van der Waals surface area (Å²) in [4.78, 5) is 27.4. The molecular weight excluding hydrogens is 330 g/mol. The molecule has 130 valence electrons. The van der Waals surface area contributed by atoms with Crippen molar-refractivity contribution in [1.82, 2.24) is 9.80 Å². The lowest BCUT2D eigenvalue weighted by atomic mass is 10.1. The molecule has 1 saturated heterocycles. The van der Waals surface area contributed by atoms with Crippen LogP contribution in [0.2, 0.25) is 0 Å². The van der Waals surface area contributed by atoms with E-state index in [1.807, 2.05) is 6.07 Å². The lowest BCUT2D eigenvalue weighted by Crippen LogP contribution is -2.51. The van der Waals surface area contributed by atoms with Crippen molar-refractivity contribution in [2.24, 2.45) is 0 Å². The number of hydrogen-bond acceptors (Lipinski definition) is 3. The molecule has 25 heavy (non-hydrogen) atoms. The number of halogens is 2. The summed E-state index contributed by atoms with van der Waals surface area (Å²) in [6, 6.07) is 11.8. The molecule has 0 spiro atoms. The number of amides is 2. The number of para-hydroxylation sites is 1. The molecule has 7 heteroatoms. The molecule has 2 aromatic rings. The first-order valence-corrected chi connectivity index (χ1v) is 7.81. The SMILES string of the molecule is O=C(Oc1ccccc1)N1CCN(C(=O)c2ccc(F)c(F)c2)CC1. The number of carbonyl (C=O) groups is 2. The summed E-state index contributed by atoms with van der Waals surface area (Å²) in [6.07, 6.45) is -0.480. The van der Waals surface area contributed by atoms with E-state index in [-0.39, 0.29) is 5.56 Å². The Morgan fingerprint density at radius 2 is 1.48 bits per heavy atom. The van der Waals surface area contributed by atoms with Crippen LogP contribution in [0.25, 0.3) is 0 Å². The Hall–Kier alpha value is -2.96. The van der Waals surface area contributed by atoms with Gasteiger partial charge in [0, 0.05) is 31.7 Å². The van der Waals surface area contributed by atoms with Crippen LogP contribution in [0, 0.1) is 11.6 Å². The molecule has 0 atom stereocenters. The molecule has 3 rings (SSSR count). The van der Waals surface area contributed by atoms with Crippen LogP contribution >= 0.6 is 0 Å². The summed E-state index contributed by atoms with van der Waals surface area (Å²) in [5, 5.41) is 0. The van der Waals surface area contributed by atoms with E-state index in [1.165, 1.54) is 15.9 Å². The standard InChI is InChI=1S/C18H16F2N2O3/c19-15-7-6-13(12-16(15)20)17(23)21-8-10-22(11-9-21)18(24)25-14-4-2-1-3-5-14/h1-7,12H,8-11H2. The zero-order valence-electron chi connectivity index (χ0n) is 13.3. The van der Waals surface area contributed by atoms with E-state index in [1.54, 1.807) is 24.3 Å². The van der Waals surface area contributed by atoms with Crippen molar-refractivity contribution in [3.05, 3.63) is 65.7 Å². The highest BCUT2D eigenvalue weighted by Gasteiger charge is 2.26. The van der Waals surface area contributed by atoms with Gasteiger partial charge >= 0.3 is 6.09 Å². The molecule has 1 aliphatic heterocycles.